The van der Waals surface area contributed by atoms with Crippen LogP contribution in [0, 0.1) is 5.92 Å². The zero-order valence-corrected chi connectivity index (χ0v) is 14.8. The van der Waals surface area contributed by atoms with Crippen molar-refractivity contribution < 1.29 is 33.3 Å². The van der Waals surface area contributed by atoms with Crippen molar-refractivity contribution in [3.63, 3.8) is 0 Å². The molecule has 3 atom stereocenters. The van der Waals surface area contributed by atoms with E-state index >= 15 is 0 Å². The molecule has 0 saturated carbocycles. The van der Waals surface area contributed by atoms with Crippen LogP contribution in [0.2, 0.25) is 0 Å². The summed E-state index contributed by atoms with van der Waals surface area (Å²) in [6.45, 7) is 5.07. The van der Waals surface area contributed by atoms with Gasteiger partial charge in [0, 0.05) is 19.8 Å². The number of β-lactam (4-membered cyclic amide) rings is 1. The second-order valence-corrected chi connectivity index (χ2v) is 6.74. The van der Waals surface area contributed by atoms with Crippen molar-refractivity contribution >= 4 is 29.8 Å². The quantitative estimate of drug-likeness (QED) is 0.400. The van der Waals surface area contributed by atoms with Gasteiger partial charge in [0.25, 0.3) is 0 Å². The SMILES string of the molecule is COCC1C(=O)N2C(C(=O)OC(C)OC(=O)OC(C)C)=CCS[C@@H]12. The second kappa shape index (κ2) is 7.89. The third-order valence-electron chi connectivity index (χ3n) is 3.38. The van der Waals surface area contributed by atoms with Crippen molar-refractivity contribution in [2.45, 2.75) is 38.5 Å². The van der Waals surface area contributed by atoms with E-state index in [-0.39, 0.29) is 29.0 Å². The first-order valence-electron chi connectivity index (χ1n) is 7.57. The molecule has 9 heteroatoms. The van der Waals surface area contributed by atoms with Gasteiger partial charge in [-0.15, -0.1) is 11.8 Å². The lowest BCUT2D eigenvalue weighted by molar-refractivity contribution is -0.171. The molecule has 2 aliphatic rings. The molecule has 2 unspecified atom stereocenters. The topological polar surface area (TPSA) is 91.4 Å². The Bertz CT molecular complexity index is 548. The maximum absolute atomic E-state index is 12.3. The van der Waals surface area contributed by atoms with Crippen molar-refractivity contribution in [2.24, 2.45) is 5.92 Å². The molecule has 1 fully saturated rings. The summed E-state index contributed by atoms with van der Waals surface area (Å²) in [5.74, 6) is -0.561. The molecule has 0 bridgehead atoms. The Balaban J connectivity index is 1.92. The van der Waals surface area contributed by atoms with Gasteiger partial charge in [0.2, 0.25) is 12.2 Å². The first kappa shape index (κ1) is 18.6. The maximum atomic E-state index is 12.3. The number of nitrogens with zero attached hydrogens (tertiary/aromatic N) is 1. The smallest absolute Gasteiger partial charge is 0.431 e. The first-order chi connectivity index (χ1) is 11.3. The van der Waals surface area contributed by atoms with Crippen molar-refractivity contribution in [1.29, 1.82) is 0 Å². The molecule has 0 aliphatic carbocycles. The van der Waals surface area contributed by atoms with Crippen molar-refractivity contribution in [1.82, 2.24) is 4.90 Å². The van der Waals surface area contributed by atoms with E-state index in [0.717, 1.165) is 0 Å². The molecule has 2 aliphatic heterocycles. The highest BCUT2D eigenvalue weighted by atomic mass is 32.2. The summed E-state index contributed by atoms with van der Waals surface area (Å²) in [5, 5.41) is -0.132. The number of amides is 1. The van der Waals surface area contributed by atoms with Gasteiger partial charge in [-0.25, -0.2) is 9.59 Å². The molecule has 24 heavy (non-hydrogen) atoms. The highest BCUT2D eigenvalue weighted by Gasteiger charge is 2.52. The Morgan fingerprint density at radius 3 is 2.62 bits per heavy atom. The Morgan fingerprint density at radius 1 is 1.29 bits per heavy atom. The average Bonchev–Trinajstić information content (AvgIpc) is 2.50. The summed E-state index contributed by atoms with van der Waals surface area (Å²) in [6.07, 6.45) is -0.750. The summed E-state index contributed by atoms with van der Waals surface area (Å²) in [4.78, 5) is 37.2. The lowest BCUT2D eigenvalue weighted by Gasteiger charge is -2.48. The number of fused-ring (bicyclic) bond motifs is 1. The fraction of sp³-hybridized carbons (Fsp3) is 0.667. The molecule has 0 N–H and O–H groups in total. The number of thioether (sulfide) groups is 1. The van der Waals surface area contributed by atoms with Crippen molar-refractivity contribution in [3.05, 3.63) is 11.8 Å². The average molecular weight is 359 g/mol. The standard InChI is InChI=1S/C15H21NO7S/c1-8(2)21-15(19)23-9(3)22-14(18)11-5-6-24-13-10(7-20-4)12(17)16(11)13/h5,8-10,13H,6-7H2,1-4H3/t9?,10?,13-/m0/s1. The number of hydrogen-bond acceptors (Lipinski definition) is 8. The second-order valence-electron chi connectivity index (χ2n) is 5.59. The van der Waals surface area contributed by atoms with Gasteiger partial charge < -0.3 is 18.9 Å². The van der Waals surface area contributed by atoms with Gasteiger partial charge in [-0.05, 0) is 19.9 Å². The Kier molecular flexibility index (Phi) is 6.11. The number of ether oxygens (including phenoxy) is 4. The van der Waals surface area contributed by atoms with Gasteiger partial charge in [-0.2, -0.15) is 0 Å². The van der Waals surface area contributed by atoms with Gasteiger partial charge in [0.15, 0.2) is 0 Å². The van der Waals surface area contributed by atoms with Crippen LogP contribution in [0.5, 0.6) is 0 Å². The van der Waals surface area contributed by atoms with E-state index in [1.165, 1.54) is 18.9 Å². The Hall–Kier alpha value is -1.74. The van der Waals surface area contributed by atoms with E-state index in [2.05, 4.69) is 0 Å². The predicted molar refractivity (Wildman–Crippen MR) is 84.8 cm³/mol. The molecular formula is C15H21NO7S. The van der Waals surface area contributed by atoms with Crippen LogP contribution in [-0.2, 0) is 28.5 Å². The normalized spacial score (nSPS) is 23.8. The van der Waals surface area contributed by atoms with E-state index in [0.29, 0.717) is 12.4 Å². The summed E-state index contributed by atoms with van der Waals surface area (Å²) in [6, 6.07) is 0. The van der Waals surface area contributed by atoms with E-state index in [1.54, 1.807) is 31.7 Å². The molecule has 0 aromatic carbocycles. The number of methoxy groups -OCH3 is 1. The van der Waals surface area contributed by atoms with E-state index in [1.807, 2.05) is 0 Å². The minimum absolute atomic E-state index is 0.132. The number of hydrogen-bond donors (Lipinski definition) is 0. The monoisotopic (exact) mass is 359 g/mol. The minimum Gasteiger partial charge on any atom is -0.431 e. The van der Waals surface area contributed by atoms with Crippen LogP contribution < -0.4 is 0 Å². The summed E-state index contributed by atoms with van der Waals surface area (Å²) in [7, 11) is 1.53. The summed E-state index contributed by atoms with van der Waals surface area (Å²) >= 11 is 1.56. The molecule has 2 heterocycles. The van der Waals surface area contributed by atoms with Crippen LogP contribution in [0.3, 0.4) is 0 Å². The fourth-order valence-electron chi connectivity index (χ4n) is 2.40. The van der Waals surface area contributed by atoms with Gasteiger partial charge in [0.05, 0.1) is 24.0 Å². The highest BCUT2D eigenvalue weighted by Crippen LogP contribution is 2.41. The van der Waals surface area contributed by atoms with Crippen LogP contribution in [0.15, 0.2) is 11.8 Å². The fourth-order valence-corrected chi connectivity index (χ4v) is 3.65. The molecule has 1 amide bonds. The number of carbonyl (C=O) groups is 3. The van der Waals surface area contributed by atoms with Crippen LogP contribution in [0.25, 0.3) is 0 Å². The predicted octanol–water partition coefficient (Wildman–Crippen LogP) is 1.50. The molecule has 0 radical (unpaired) electrons. The molecule has 134 valence electrons. The van der Waals surface area contributed by atoms with Gasteiger partial charge >= 0.3 is 12.1 Å². The maximum Gasteiger partial charge on any atom is 0.511 e. The molecule has 1 saturated heterocycles. The molecular weight excluding hydrogens is 338 g/mol. The van der Waals surface area contributed by atoms with Crippen LogP contribution in [0.1, 0.15) is 20.8 Å². The van der Waals surface area contributed by atoms with Crippen LogP contribution in [0.4, 0.5) is 4.79 Å². The third kappa shape index (κ3) is 4.02. The van der Waals surface area contributed by atoms with E-state index in [9.17, 15) is 14.4 Å². The van der Waals surface area contributed by atoms with Crippen molar-refractivity contribution in [2.75, 3.05) is 19.5 Å². The first-order valence-corrected chi connectivity index (χ1v) is 8.62. The lowest BCUT2D eigenvalue weighted by Crippen LogP contribution is -2.62. The third-order valence-corrected chi connectivity index (χ3v) is 4.62. The number of esters is 1. The molecule has 0 aromatic rings. The number of carbonyl (C=O) groups excluding carboxylic acids is 3. The van der Waals surface area contributed by atoms with Gasteiger partial charge in [-0.1, -0.05) is 0 Å². The Labute approximate surface area is 144 Å². The minimum atomic E-state index is -1.12. The molecule has 2 rings (SSSR count). The number of rotatable bonds is 6. The highest BCUT2D eigenvalue weighted by molar-refractivity contribution is 8.00. The van der Waals surface area contributed by atoms with Gasteiger partial charge in [-0.3, -0.25) is 9.69 Å². The molecule has 0 aromatic heterocycles. The summed E-state index contributed by atoms with van der Waals surface area (Å²) in [5.41, 5.74) is 0.170. The molecule has 0 spiro atoms. The van der Waals surface area contributed by atoms with E-state index < -0.39 is 18.4 Å². The summed E-state index contributed by atoms with van der Waals surface area (Å²) < 4.78 is 19.7. The van der Waals surface area contributed by atoms with E-state index in [4.69, 9.17) is 18.9 Å². The zero-order chi connectivity index (χ0) is 17.9. The van der Waals surface area contributed by atoms with Gasteiger partial charge in [0.1, 0.15) is 5.70 Å². The van der Waals surface area contributed by atoms with Crippen LogP contribution in [-0.4, -0.2) is 60.2 Å². The molecule has 8 nitrogen and oxygen atoms in total. The zero-order valence-electron chi connectivity index (χ0n) is 14.0. The lowest BCUT2D eigenvalue weighted by atomic mass is 9.97. The largest absolute Gasteiger partial charge is 0.511 e. The Morgan fingerprint density at radius 2 is 2.00 bits per heavy atom. The van der Waals surface area contributed by atoms with Crippen LogP contribution >= 0.6 is 11.8 Å². The van der Waals surface area contributed by atoms with Crippen molar-refractivity contribution in [3.8, 4) is 0 Å².